The Balaban J connectivity index is 1.70. The Bertz CT molecular complexity index is 710. The summed E-state index contributed by atoms with van der Waals surface area (Å²) in [6.45, 7) is 0.584. The number of para-hydroxylation sites is 1. The van der Waals surface area contributed by atoms with Crippen LogP contribution < -0.4 is 15.0 Å². The molecule has 1 aliphatic heterocycles. The number of carbonyl (C=O) groups excluding carboxylic acids is 2. The van der Waals surface area contributed by atoms with Crippen molar-refractivity contribution in [2.75, 3.05) is 18.6 Å². The van der Waals surface area contributed by atoms with Crippen molar-refractivity contribution in [3.8, 4) is 5.75 Å². The number of benzene rings is 2. The number of imide groups is 1. The maximum atomic E-state index is 12.3. The minimum Gasteiger partial charge on any atom is -0.497 e. The van der Waals surface area contributed by atoms with Gasteiger partial charge in [-0.05, 0) is 42.3 Å². The van der Waals surface area contributed by atoms with Crippen molar-refractivity contribution in [3.05, 3.63) is 59.7 Å². The van der Waals surface area contributed by atoms with Gasteiger partial charge in [-0.2, -0.15) is 0 Å². The summed E-state index contributed by atoms with van der Waals surface area (Å²) in [4.78, 5) is 26.0. The second-order valence-electron chi connectivity index (χ2n) is 5.02. The number of hydrogen-bond donors (Lipinski definition) is 1. The van der Waals surface area contributed by atoms with Crippen LogP contribution in [-0.2, 0) is 6.42 Å². The van der Waals surface area contributed by atoms with Crippen LogP contribution >= 0.6 is 0 Å². The Labute approximate surface area is 128 Å². The molecule has 2 aromatic carbocycles. The van der Waals surface area contributed by atoms with E-state index in [0.717, 1.165) is 17.7 Å². The highest BCUT2D eigenvalue weighted by Crippen LogP contribution is 2.27. The highest BCUT2D eigenvalue weighted by atomic mass is 16.5. The monoisotopic (exact) mass is 296 g/mol. The number of methoxy groups -OCH3 is 1. The largest absolute Gasteiger partial charge is 0.497 e. The summed E-state index contributed by atoms with van der Waals surface area (Å²) in [5.74, 6) is 0.244. The average Bonchev–Trinajstić information content (AvgIpc) is 2.99. The van der Waals surface area contributed by atoms with Crippen LogP contribution in [0.3, 0.4) is 0 Å². The SMILES string of the molecule is COc1ccc(C(=O)NC(=O)N2CCc3ccccc32)cc1. The Morgan fingerprint density at radius 1 is 1.09 bits per heavy atom. The normalized spacial score (nSPS) is 12.7. The van der Waals surface area contributed by atoms with Gasteiger partial charge in [0, 0.05) is 17.8 Å². The van der Waals surface area contributed by atoms with Gasteiger partial charge in [-0.25, -0.2) is 4.79 Å². The second kappa shape index (κ2) is 5.89. The summed E-state index contributed by atoms with van der Waals surface area (Å²) in [7, 11) is 1.56. The molecule has 0 fully saturated rings. The van der Waals surface area contributed by atoms with E-state index in [-0.39, 0.29) is 0 Å². The number of rotatable bonds is 2. The van der Waals surface area contributed by atoms with Crippen molar-refractivity contribution in [3.63, 3.8) is 0 Å². The van der Waals surface area contributed by atoms with Crippen molar-refractivity contribution in [2.24, 2.45) is 0 Å². The molecule has 22 heavy (non-hydrogen) atoms. The molecule has 5 nitrogen and oxygen atoms in total. The summed E-state index contributed by atoms with van der Waals surface area (Å²) >= 11 is 0. The van der Waals surface area contributed by atoms with Crippen LogP contribution in [0.15, 0.2) is 48.5 Å². The lowest BCUT2D eigenvalue weighted by atomic mass is 10.2. The third-order valence-electron chi connectivity index (χ3n) is 3.70. The smallest absolute Gasteiger partial charge is 0.328 e. The van der Waals surface area contributed by atoms with Crippen LogP contribution in [0.1, 0.15) is 15.9 Å². The van der Waals surface area contributed by atoms with Gasteiger partial charge in [-0.15, -0.1) is 0 Å². The number of nitrogens with zero attached hydrogens (tertiary/aromatic N) is 1. The van der Waals surface area contributed by atoms with E-state index in [2.05, 4.69) is 5.32 Å². The number of nitrogens with one attached hydrogen (secondary N) is 1. The molecule has 5 heteroatoms. The molecular formula is C17H16N2O3. The fraction of sp³-hybridized carbons (Fsp3) is 0.176. The van der Waals surface area contributed by atoms with Crippen molar-refractivity contribution in [2.45, 2.75) is 6.42 Å². The predicted molar refractivity (Wildman–Crippen MR) is 83.3 cm³/mol. The van der Waals surface area contributed by atoms with Crippen molar-refractivity contribution >= 4 is 17.6 Å². The molecule has 0 bridgehead atoms. The first-order valence-corrected chi connectivity index (χ1v) is 7.04. The zero-order valence-electron chi connectivity index (χ0n) is 12.2. The highest BCUT2D eigenvalue weighted by molar-refractivity contribution is 6.09. The molecule has 0 radical (unpaired) electrons. The van der Waals surface area contributed by atoms with E-state index in [0.29, 0.717) is 17.9 Å². The number of anilines is 1. The van der Waals surface area contributed by atoms with Crippen LogP contribution in [0.4, 0.5) is 10.5 Å². The standard InChI is InChI=1S/C17H16N2O3/c1-22-14-8-6-13(7-9-14)16(20)18-17(21)19-11-10-12-4-2-3-5-15(12)19/h2-9H,10-11H2,1H3,(H,18,20,21). The van der Waals surface area contributed by atoms with Crippen molar-refractivity contribution < 1.29 is 14.3 Å². The van der Waals surface area contributed by atoms with E-state index < -0.39 is 11.9 Å². The van der Waals surface area contributed by atoms with Crippen LogP contribution in [0.25, 0.3) is 0 Å². The molecule has 2 aromatic rings. The molecule has 1 N–H and O–H groups in total. The Hall–Kier alpha value is -2.82. The summed E-state index contributed by atoms with van der Waals surface area (Å²) in [6, 6.07) is 13.9. The predicted octanol–water partition coefficient (Wildman–Crippen LogP) is 2.61. The number of amides is 3. The van der Waals surface area contributed by atoms with Crippen LogP contribution in [0.2, 0.25) is 0 Å². The van der Waals surface area contributed by atoms with E-state index in [1.807, 2.05) is 24.3 Å². The van der Waals surface area contributed by atoms with Crippen LogP contribution in [0, 0.1) is 0 Å². The number of hydrogen-bond acceptors (Lipinski definition) is 3. The van der Waals surface area contributed by atoms with Gasteiger partial charge >= 0.3 is 6.03 Å². The molecule has 0 spiro atoms. The maximum Gasteiger partial charge on any atom is 0.328 e. The molecule has 1 heterocycles. The number of fused-ring (bicyclic) bond motifs is 1. The quantitative estimate of drug-likeness (QED) is 0.926. The van der Waals surface area contributed by atoms with E-state index in [1.54, 1.807) is 36.3 Å². The summed E-state index contributed by atoms with van der Waals surface area (Å²) in [5, 5.41) is 2.42. The molecule has 0 saturated carbocycles. The van der Waals surface area contributed by atoms with E-state index in [9.17, 15) is 9.59 Å². The van der Waals surface area contributed by atoms with Gasteiger partial charge in [-0.3, -0.25) is 15.0 Å². The van der Waals surface area contributed by atoms with Gasteiger partial charge in [-0.1, -0.05) is 18.2 Å². The molecule has 112 valence electrons. The van der Waals surface area contributed by atoms with E-state index in [1.165, 1.54) is 0 Å². The molecule has 0 aromatic heterocycles. The van der Waals surface area contributed by atoms with Gasteiger partial charge in [0.1, 0.15) is 5.75 Å². The molecule has 0 atom stereocenters. The first-order chi connectivity index (χ1) is 10.7. The molecule has 3 rings (SSSR count). The van der Waals surface area contributed by atoms with Gasteiger partial charge in [0.15, 0.2) is 0 Å². The third kappa shape index (κ3) is 2.65. The Morgan fingerprint density at radius 3 is 2.55 bits per heavy atom. The minimum absolute atomic E-state index is 0.397. The number of urea groups is 1. The topological polar surface area (TPSA) is 58.6 Å². The first kappa shape index (κ1) is 14.1. The fourth-order valence-corrected chi connectivity index (χ4v) is 2.53. The lowest BCUT2D eigenvalue weighted by Gasteiger charge is -2.17. The molecule has 0 aliphatic carbocycles. The minimum atomic E-state index is -0.419. The number of carbonyl (C=O) groups is 2. The van der Waals surface area contributed by atoms with Gasteiger partial charge < -0.3 is 4.74 Å². The molecule has 0 saturated heterocycles. The van der Waals surface area contributed by atoms with E-state index >= 15 is 0 Å². The average molecular weight is 296 g/mol. The Morgan fingerprint density at radius 2 is 1.82 bits per heavy atom. The Kier molecular flexibility index (Phi) is 3.78. The summed E-state index contributed by atoms with van der Waals surface area (Å²) in [6.07, 6.45) is 0.806. The van der Waals surface area contributed by atoms with Crippen molar-refractivity contribution in [1.29, 1.82) is 0 Å². The van der Waals surface area contributed by atoms with Crippen molar-refractivity contribution in [1.82, 2.24) is 5.32 Å². The van der Waals surface area contributed by atoms with Crippen LogP contribution in [0.5, 0.6) is 5.75 Å². The zero-order valence-corrected chi connectivity index (χ0v) is 12.2. The molecular weight excluding hydrogens is 280 g/mol. The maximum absolute atomic E-state index is 12.3. The molecule has 0 unspecified atom stereocenters. The van der Waals surface area contributed by atoms with Gasteiger partial charge in [0.2, 0.25) is 0 Å². The summed E-state index contributed by atoms with van der Waals surface area (Å²) in [5.41, 5.74) is 2.40. The lowest BCUT2D eigenvalue weighted by Crippen LogP contribution is -2.42. The van der Waals surface area contributed by atoms with Gasteiger partial charge in [0.25, 0.3) is 5.91 Å². The second-order valence-corrected chi connectivity index (χ2v) is 5.02. The van der Waals surface area contributed by atoms with Crippen LogP contribution in [-0.4, -0.2) is 25.6 Å². The fourth-order valence-electron chi connectivity index (χ4n) is 2.53. The summed E-state index contributed by atoms with van der Waals surface area (Å²) < 4.78 is 5.04. The lowest BCUT2D eigenvalue weighted by molar-refractivity contribution is 0.0965. The third-order valence-corrected chi connectivity index (χ3v) is 3.70. The molecule has 1 aliphatic rings. The van der Waals surface area contributed by atoms with Gasteiger partial charge in [0.05, 0.1) is 7.11 Å². The van der Waals surface area contributed by atoms with E-state index in [4.69, 9.17) is 4.74 Å². The highest BCUT2D eigenvalue weighted by Gasteiger charge is 2.25. The molecule has 3 amide bonds. The zero-order chi connectivity index (χ0) is 15.5. The number of ether oxygens (including phenoxy) is 1. The first-order valence-electron chi connectivity index (χ1n) is 7.04.